The van der Waals surface area contributed by atoms with Crippen molar-refractivity contribution >= 4 is 17.0 Å². The summed E-state index contributed by atoms with van der Waals surface area (Å²) in [5.74, 6) is 0. The lowest BCUT2D eigenvalue weighted by molar-refractivity contribution is 0.0968. The van der Waals surface area contributed by atoms with E-state index in [2.05, 4.69) is 34.6 Å². The molecule has 0 saturated heterocycles. The van der Waals surface area contributed by atoms with Gasteiger partial charge < -0.3 is 5.73 Å². The monoisotopic (exact) mass is 321 g/mol. The normalized spacial score (nSPS) is 12.3. The Kier molecular flexibility index (Phi) is 11.8. The van der Waals surface area contributed by atoms with Crippen LogP contribution in [0.15, 0.2) is 0 Å². The van der Waals surface area contributed by atoms with Gasteiger partial charge in [-0.25, -0.2) is 0 Å². The van der Waals surface area contributed by atoms with E-state index in [1.54, 1.807) is 0 Å². The zero-order valence-electron chi connectivity index (χ0n) is 13.3. The third-order valence-corrected chi connectivity index (χ3v) is 4.39. The summed E-state index contributed by atoms with van der Waals surface area (Å²) >= 11 is 0. The molecule has 2 heteroatoms. The number of unbranched alkanes of at least 4 members (excludes halogenated alkanes) is 3. The van der Waals surface area contributed by atoms with E-state index in [0.29, 0.717) is 5.41 Å². The highest BCUT2D eigenvalue weighted by atomic mass is 79.9. The highest BCUT2D eigenvalue weighted by Gasteiger charge is 2.40. The van der Waals surface area contributed by atoms with Gasteiger partial charge in [-0.1, -0.05) is 59.3 Å². The van der Waals surface area contributed by atoms with Crippen molar-refractivity contribution in [2.75, 3.05) is 0 Å². The molecule has 0 rings (SSSR count). The average Bonchev–Trinajstić information content (AvgIpc) is 2.27. The molecule has 1 nitrogen and oxygen atoms in total. The maximum Gasteiger partial charge on any atom is 0.0154 e. The van der Waals surface area contributed by atoms with Crippen LogP contribution >= 0.6 is 17.0 Å². The number of hydrogen-bond acceptors (Lipinski definition) is 1. The van der Waals surface area contributed by atoms with Crippen molar-refractivity contribution in [1.82, 2.24) is 0 Å². The lowest BCUT2D eigenvalue weighted by atomic mass is 9.63. The van der Waals surface area contributed by atoms with Crippen LogP contribution in [0, 0.1) is 5.41 Å². The van der Waals surface area contributed by atoms with E-state index in [4.69, 9.17) is 5.73 Å². The van der Waals surface area contributed by atoms with Gasteiger partial charge in [0.2, 0.25) is 0 Å². The molecule has 0 atom stereocenters. The Morgan fingerprint density at radius 2 is 1.00 bits per heavy atom. The molecule has 0 saturated carbocycles. The van der Waals surface area contributed by atoms with E-state index in [9.17, 15) is 0 Å². The summed E-state index contributed by atoms with van der Waals surface area (Å²) in [4.78, 5) is 0. The highest BCUT2D eigenvalue weighted by molar-refractivity contribution is 8.93. The molecule has 0 aromatic rings. The van der Waals surface area contributed by atoms with E-state index in [-0.39, 0.29) is 22.5 Å². The van der Waals surface area contributed by atoms with Crippen molar-refractivity contribution in [1.29, 1.82) is 0 Å². The number of halogens is 1. The molecule has 0 aliphatic heterocycles. The lowest BCUT2D eigenvalue weighted by Gasteiger charge is -2.46. The first kappa shape index (κ1) is 20.8. The molecule has 18 heavy (non-hydrogen) atoms. The van der Waals surface area contributed by atoms with Crippen LogP contribution in [0.25, 0.3) is 0 Å². The first-order valence-corrected chi connectivity index (χ1v) is 7.72. The van der Waals surface area contributed by atoms with Gasteiger partial charge in [-0.05, 0) is 38.5 Å². The molecule has 0 aliphatic carbocycles. The Labute approximate surface area is 126 Å². The van der Waals surface area contributed by atoms with Gasteiger partial charge in [-0.3, -0.25) is 0 Å². The highest BCUT2D eigenvalue weighted by Crippen LogP contribution is 2.44. The Morgan fingerprint density at radius 3 is 1.17 bits per heavy atom. The zero-order valence-corrected chi connectivity index (χ0v) is 15.1. The number of hydrogen-bond donors (Lipinski definition) is 1. The van der Waals surface area contributed by atoms with Crippen LogP contribution in [0.3, 0.4) is 0 Å². The van der Waals surface area contributed by atoms with Gasteiger partial charge in [0.15, 0.2) is 0 Å². The summed E-state index contributed by atoms with van der Waals surface area (Å²) in [5.41, 5.74) is 6.87. The second-order valence-corrected chi connectivity index (χ2v) is 6.31. The number of nitrogens with two attached hydrogens (primary N) is 1. The molecular weight excluding hydrogens is 286 g/mol. The summed E-state index contributed by atoms with van der Waals surface area (Å²) in [6.45, 7) is 11.3. The minimum Gasteiger partial charge on any atom is -0.325 e. The Bertz CT molecular complexity index is 162. The van der Waals surface area contributed by atoms with Gasteiger partial charge in [0.1, 0.15) is 0 Å². The third-order valence-electron chi connectivity index (χ3n) is 4.39. The van der Waals surface area contributed by atoms with Crippen LogP contribution in [0.1, 0.15) is 92.4 Å². The minimum absolute atomic E-state index is 0. The van der Waals surface area contributed by atoms with Crippen LogP contribution in [0.2, 0.25) is 0 Å². The standard InChI is InChI=1S/C16H35N.BrH/c1-6-9-12-16(13-10-7-2,14-11-8-3)15(4,5)17;/h6-14,17H2,1-5H3;1H. The Balaban J connectivity index is 0. The van der Waals surface area contributed by atoms with Gasteiger partial charge in [0.05, 0.1) is 0 Å². The summed E-state index contributed by atoms with van der Waals surface area (Å²) in [6, 6.07) is 0. The fraction of sp³-hybridized carbons (Fsp3) is 1.00. The molecule has 0 heterocycles. The number of rotatable bonds is 10. The second kappa shape index (κ2) is 10.3. The molecule has 0 aromatic heterocycles. The van der Waals surface area contributed by atoms with E-state index >= 15 is 0 Å². The zero-order chi connectivity index (χ0) is 13.4. The van der Waals surface area contributed by atoms with Crippen LogP contribution in [0.5, 0.6) is 0 Å². The smallest absolute Gasteiger partial charge is 0.0154 e. The van der Waals surface area contributed by atoms with Crippen molar-refractivity contribution in [3.63, 3.8) is 0 Å². The molecule has 112 valence electrons. The summed E-state index contributed by atoms with van der Waals surface area (Å²) in [6.07, 6.45) is 11.8. The molecule has 0 fully saturated rings. The lowest BCUT2D eigenvalue weighted by Crippen LogP contribution is -2.51. The molecule has 0 aliphatic rings. The molecule has 0 radical (unpaired) electrons. The molecular formula is C16H36BrN. The van der Waals surface area contributed by atoms with Crippen molar-refractivity contribution in [3.8, 4) is 0 Å². The molecule has 0 aromatic carbocycles. The molecule has 0 unspecified atom stereocenters. The van der Waals surface area contributed by atoms with E-state index in [1.807, 2.05) is 0 Å². The van der Waals surface area contributed by atoms with Crippen molar-refractivity contribution in [2.24, 2.45) is 11.1 Å². The van der Waals surface area contributed by atoms with Gasteiger partial charge in [0.25, 0.3) is 0 Å². The van der Waals surface area contributed by atoms with Crippen molar-refractivity contribution < 1.29 is 0 Å². The minimum atomic E-state index is -0.0352. The van der Waals surface area contributed by atoms with Gasteiger partial charge in [0, 0.05) is 5.54 Å². The van der Waals surface area contributed by atoms with Crippen LogP contribution in [-0.4, -0.2) is 5.54 Å². The van der Waals surface area contributed by atoms with E-state index in [1.165, 1.54) is 57.8 Å². The maximum atomic E-state index is 6.54. The molecule has 0 bridgehead atoms. The first-order valence-electron chi connectivity index (χ1n) is 7.72. The van der Waals surface area contributed by atoms with Gasteiger partial charge >= 0.3 is 0 Å². The summed E-state index contributed by atoms with van der Waals surface area (Å²) in [7, 11) is 0. The Hall–Kier alpha value is 0.440. The predicted molar refractivity (Wildman–Crippen MR) is 89.6 cm³/mol. The maximum absolute atomic E-state index is 6.54. The topological polar surface area (TPSA) is 26.0 Å². The Morgan fingerprint density at radius 1 is 0.722 bits per heavy atom. The first-order chi connectivity index (χ1) is 7.93. The third kappa shape index (κ3) is 6.56. The summed E-state index contributed by atoms with van der Waals surface area (Å²) in [5, 5.41) is 0. The largest absolute Gasteiger partial charge is 0.325 e. The van der Waals surface area contributed by atoms with Crippen LogP contribution in [0.4, 0.5) is 0 Å². The van der Waals surface area contributed by atoms with Crippen molar-refractivity contribution in [3.05, 3.63) is 0 Å². The quantitative estimate of drug-likeness (QED) is 0.536. The van der Waals surface area contributed by atoms with Gasteiger partial charge in [-0.2, -0.15) is 0 Å². The average molecular weight is 322 g/mol. The van der Waals surface area contributed by atoms with Gasteiger partial charge in [-0.15, -0.1) is 17.0 Å². The molecule has 0 spiro atoms. The SMILES string of the molecule is Br.CCCCC(CCCC)(CCCC)C(C)(C)N. The van der Waals surface area contributed by atoms with E-state index < -0.39 is 0 Å². The van der Waals surface area contributed by atoms with E-state index in [0.717, 1.165) is 0 Å². The van der Waals surface area contributed by atoms with Crippen LogP contribution < -0.4 is 5.73 Å². The fourth-order valence-electron chi connectivity index (χ4n) is 2.89. The molecule has 2 N–H and O–H groups in total. The summed E-state index contributed by atoms with van der Waals surface area (Å²) < 4.78 is 0. The van der Waals surface area contributed by atoms with Crippen LogP contribution in [-0.2, 0) is 0 Å². The fourth-order valence-corrected chi connectivity index (χ4v) is 2.89. The molecule has 0 amide bonds. The predicted octanol–water partition coefficient (Wildman–Crippen LogP) is 5.86. The van der Waals surface area contributed by atoms with Crippen molar-refractivity contribution in [2.45, 2.75) is 97.9 Å². The second-order valence-electron chi connectivity index (χ2n) is 6.31.